The Balaban J connectivity index is 2.05. The molecule has 1 aliphatic heterocycles. The molecule has 1 heterocycles. The molecule has 186 valence electrons. The van der Waals surface area contributed by atoms with Gasteiger partial charge in [0.1, 0.15) is 12.2 Å². The van der Waals surface area contributed by atoms with Gasteiger partial charge < -0.3 is 29.2 Å². The van der Waals surface area contributed by atoms with Crippen LogP contribution in [0.5, 0.6) is 0 Å². The summed E-state index contributed by atoms with van der Waals surface area (Å²) in [6.45, 7) is 10.8. The quantitative estimate of drug-likeness (QED) is 0.478. The fraction of sp³-hybridized carbons (Fsp3) is 0.840. The molecule has 0 amide bonds. The number of carbonyl (C=O) groups excluding carboxylic acids is 2. The Labute approximate surface area is 195 Å². The third-order valence-corrected chi connectivity index (χ3v) is 9.65. The molecule has 0 aromatic rings. The summed E-state index contributed by atoms with van der Waals surface area (Å²) in [7, 11) is 3.04. The number of aliphatic hydroxyl groups is 2. The molecule has 4 rings (SSSR count). The van der Waals surface area contributed by atoms with Crippen LogP contribution in [-0.4, -0.2) is 78.4 Å². The summed E-state index contributed by atoms with van der Waals surface area (Å²) in [6, 6.07) is 0. The van der Waals surface area contributed by atoms with Crippen LogP contribution in [0.2, 0.25) is 0 Å². The third-order valence-electron chi connectivity index (χ3n) is 9.65. The second-order valence-electron chi connectivity index (χ2n) is 11.2. The Bertz CT molecular complexity index is 895. The van der Waals surface area contributed by atoms with Gasteiger partial charge in [-0.25, -0.2) is 0 Å². The van der Waals surface area contributed by atoms with Gasteiger partial charge in [-0.3, -0.25) is 9.59 Å². The highest BCUT2D eigenvalue weighted by molar-refractivity contribution is 5.93. The van der Waals surface area contributed by atoms with Crippen molar-refractivity contribution in [3.05, 3.63) is 11.1 Å². The SMILES string of the molecule is COC1C(=O)[C@]2(C)C(OC)CC3OCC3(OC(C)=O)C2[C@H](C)C2(O)CC(O)C(C)=C1C2(C)C. The fourth-order valence-corrected chi connectivity index (χ4v) is 7.90. The maximum Gasteiger partial charge on any atom is 0.303 e. The fourth-order valence-electron chi connectivity index (χ4n) is 7.90. The van der Waals surface area contributed by atoms with Crippen LogP contribution >= 0.6 is 0 Å². The van der Waals surface area contributed by atoms with Gasteiger partial charge in [-0.1, -0.05) is 20.8 Å². The number of ketones is 1. The molecular formula is C25H38O8. The molecule has 8 heteroatoms. The number of ether oxygens (including phenoxy) is 4. The monoisotopic (exact) mass is 466 g/mol. The van der Waals surface area contributed by atoms with E-state index in [1.54, 1.807) is 14.0 Å². The molecule has 0 radical (unpaired) electrons. The zero-order valence-corrected chi connectivity index (χ0v) is 20.9. The van der Waals surface area contributed by atoms with Crippen molar-refractivity contribution in [1.29, 1.82) is 0 Å². The van der Waals surface area contributed by atoms with Crippen molar-refractivity contribution in [1.82, 2.24) is 0 Å². The number of hydrogen-bond donors (Lipinski definition) is 2. The van der Waals surface area contributed by atoms with Gasteiger partial charge in [-0.05, 0) is 30.9 Å². The van der Waals surface area contributed by atoms with Crippen molar-refractivity contribution < 1.29 is 38.7 Å². The van der Waals surface area contributed by atoms with Gasteiger partial charge in [0.15, 0.2) is 11.4 Å². The number of fused-ring (bicyclic) bond motifs is 5. The van der Waals surface area contributed by atoms with Crippen LogP contribution in [0.1, 0.15) is 54.4 Å². The molecule has 0 aromatic carbocycles. The zero-order valence-electron chi connectivity index (χ0n) is 20.9. The van der Waals surface area contributed by atoms with Gasteiger partial charge in [-0.15, -0.1) is 0 Å². The minimum Gasteiger partial charge on any atom is -0.454 e. The van der Waals surface area contributed by atoms with Crippen LogP contribution < -0.4 is 0 Å². The largest absolute Gasteiger partial charge is 0.454 e. The summed E-state index contributed by atoms with van der Waals surface area (Å²) < 4.78 is 23.6. The van der Waals surface area contributed by atoms with Crippen LogP contribution in [0, 0.1) is 22.7 Å². The predicted octanol–water partition coefficient (Wildman–Crippen LogP) is 1.80. The van der Waals surface area contributed by atoms with Gasteiger partial charge in [0, 0.05) is 45.3 Å². The predicted molar refractivity (Wildman–Crippen MR) is 118 cm³/mol. The molecule has 3 aliphatic carbocycles. The molecule has 4 aliphatic rings. The Kier molecular flexibility index (Phi) is 5.70. The van der Waals surface area contributed by atoms with Gasteiger partial charge in [0.2, 0.25) is 0 Å². The van der Waals surface area contributed by atoms with Crippen molar-refractivity contribution in [2.24, 2.45) is 22.7 Å². The standard InChI is InChI=1S/C25H38O8/c1-12-15(27)10-25(29)13(2)20-23(6,21(28)19(31-8)18(12)22(25,4)5)16(30-7)9-17-24(20,11-32-17)33-14(3)26/h13,15-17,19-20,27,29H,9-11H2,1-8H3/t13-,15?,16?,17?,19?,20?,23+,24?,25?/m0/s1. The summed E-state index contributed by atoms with van der Waals surface area (Å²) in [6.07, 6.45) is -2.39. The molecule has 0 aromatic heterocycles. The topological polar surface area (TPSA) is 112 Å². The Morgan fingerprint density at radius 2 is 1.82 bits per heavy atom. The summed E-state index contributed by atoms with van der Waals surface area (Å²) in [5, 5.41) is 23.4. The van der Waals surface area contributed by atoms with E-state index in [4.69, 9.17) is 18.9 Å². The minimum atomic E-state index is -1.41. The number of aliphatic hydroxyl groups excluding tert-OH is 1. The van der Waals surface area contributed by atoms with Gasteiger partial charge in [-0.2, -0.15) is 0 Å². The summed E-state index contributed by atoms with van der Waals surface area (Å²) in [5.74, 6) is -1.81. The van der Waals surface area contributed by atoms with Crippen LogP contribution in [0.15, 0.2) is 11.1 Å². The lowest BCUT2D eigenvalue weighted by Gasteiger charge is -2.68. The molecule has 0 spiro atoms. The molecule has 2 bridgehead atoms. The Hall–Kier alpha value is -1.32. The highest BCUT2D eigenvalue weighted by Crippen LogP contribution is 2.65. The molecule has 8 nitrogen and oxygen atoms in total. The lowest BCUT2D eigenvalue weighted by Crippen LogP contribution is -2.79. The van der Waals surface area contributed by atoms with Crippen LogP contribution in [0.3, 0.4) is 0 Å². The summed E-state index contributed by atoms with van der Waals surface area (Å²) in [5.41, 5.74) is -3.23. The normalized spacial score (nSPS) is 48.7. The second-order valence-corrected chi connectivity index (χ2v) is 11.2. The molecule has 2 saturated carbocycles. The van der Waals surface area contributed by atoms with Crippen molar-refractivity contribution in [2.45, 2.75) is 90.0 Å². The summed E-state index contributed by atoms with van der Waals surface area (Å²) >= 11 is 0. The first kappa shape index (κ1) is 24.8. The Morgan fingerprint density at radius 1 is 1.18 bits per heavy atom. The van der Waals surface area contributed by atoms with Gasteiger partial charge in [0.05, 0.1) is 29.8 Å². The highest BCUT2D eigenvalue weighted by atomic mass is 16.6. The van der Waals surface area contributed by atoms with E-state index in [9.17, 15) is 19.8 Å². The van der Waals surface area contributed by atoms with Crippen molar-refractivity contribution in [3.8, 4) is 0 Å². The minimum absolute atomic E-state index is 0.104. The van der Waals surface area contributed by atoms with E-state index >= 15 is 0 Å². The number of rotatable bonds is 3. The van der Waals surface area contributed by atoms with Gasteiger partial charge >= 0.3 is 5.97 Å². The number of hydrogen-bond acceptors (Lipinski definition) is 8. The molecule has 33 heavy (non-hydrogen) atoms. The average Bonchev–Trinajstić information content (AvgIpc) is 2.72. The lowest BCUT2D eigenvalue weighted by molar-refractivity contribution is -0.340. The first-order valence-corrected chi connectivity index (χ1v) is 11.8. The Morgan fingerprint density at radius 3 is 2.30 bits per heavy atom. The molecule has 3 fully saturated rings. The highest BCUT2D eigenvalue weighted by Gasteiger charge is 2.76. The van der Waals surface area contributed by atoms with Crippen LogP contribution in [-0.2, 0) is 28.5 Å². The number of esters is 1. The molecular weight excluding hydrogens is 428 g/mol. The molecule has 7 unspecified atom stereocenters. The maximum atomic E-state index is 14.5. The van der Waals surface area contributed by atoms with Crippen molar-refractivity contribution >= 4 is 11.8 Å². The van der Waals surface area contributed by atoms with Crippen molar-refractivity contribution in [3.63, 3.8) is 0 Å². The molecule has 9 atom stereocenters. The number of Topliss-reactive ketones (excluding diaryl/α,β-unsaturated/α-hetero) is 1. The van der Waals surface area contributed by atoms with Crippen molar-refractivity contribution in [2.75, 3.05) is 20.8 Å². The number of methoxy groups -OCH3 is 2. The second kappa shape index (κ2) is 7.59. The maximum absolute atomic E-state index is 14.5. The first-order chi connectivity index (χ1) is 15.2. The lowest BCUT2D eigenvalue weighted by atomic mass is 9.42. The average molecular weight is 467 g/mol. The smallest absolute Gasteiger partial charge is 0.303 e. The van der Waals surface area contributed by atoms with E-state index in [2.05, 4.69) is 0 Å². The molecule has 2 N–H and O–H groups in total. The van der Waals surface area contributed by atoms with E-state index in [1.165, 1.54) is 14.0 Å². The van der Waals surface area contributed by atoms with E-state index in [0.717, 1.165) is 0 Å². The van der Waals surface area contributed by atoms with E-state index in [1.807, 2.05) is 27.7 Å². The zero-order chi connectivity index (χ0) is 24.7. The van der Waals surface area contributed by atoms with E-state index in [-0.39, 0.29) is 18.8 Å². The van der Waals surface area contributed by atoms with E-state index in [0.29, 0.717) is 17.6 Å². The third kappa shape index (κ3) is 2.88. The molecule has 1 saturated heterocycles. The van der Waals surface area contributed by atoms with E-state index < -0.39 is 64.3 Å². The number of carbonyl (C=O) groups is 2. The van der Waals surface area contributed by atoms with Crippen LogP contribution in [0.25, 0.3) is 0 Å². The summed E-state index contributed by atoms with van der Waals surface area (Å²) in [4.78, 5) is 26.7. The van der Waals surface area contributed by atoms with Gasteiger partial charge in [0.25, 0.3) is 0 Å². The van der Waals surface area contributed by atoms with Crippen LogP contribution in [0.4, 0.5) is 0 Å². The first-order valence-electron chi connectivity index (χ1n) is 11.8.